The van der Waals surface area contributed by atoms with Crippen LogP contribution >= 0.6 is 11.3 Å². The fraction of sp³-hybridized carbons (Fsp3) is 0.368. The molecule has 2 N–H and O–H groups in total. The number of nitrogens with one attached hydrogen (secondary N) is 2. The lowest BCUT2D eigenvalue weighted by Gasteiger charge is -2.28. The molecule has 136 valence electrons. The molecule has 0 bridgehead atoms. The normalized spacial score (nSPS) is 18.5. The van der Waals surface area contributed by atoms with Gasteiger partial charge in [-0.05, 0) is 31.4 Å². The first kappa shape index (κ1) is 16.9. The summed E-state index contributed by atoms with van der Waals surface area (Å²) in [5.74, 6) is -0.0496. The van der Waals surface area contributed by atoms with Crippen LogP contribution in [0.4, 0.5) is 9.80 Å². The number of carbonyl (C=O) groups is 2. The highest BCUT2D eigenvalue weighted by molar-refractivity contribution is 7.16. The molecular formula is C19H21N3O3S. The SMILES string of the molecule is CCOC(=O)N1CCc2c(sc3c2C(=O)NC(c2ccc(C)cc2)N3)C1. The van der Waals surface area contributed by atoms with Gasteiger partial charge in [0, 0.05) is 11.4 Å². The molecule has 2 aliphatic heterocycles. The number of amides is 2. The molecule has 2 aliphatic rings. The van der Waals surface area contributed by atoms with Gasteiger partial charge >= 0.3 is 6.09 Å². The van der Waals surface area contributed by atoms with Crippen molar-refractivity contribution in [1.29, 1.82) is 0 Å². The van der Waals surface area contributed by atoms with Gasteiger partial charge in [-0.1, -0.05) is 29.8 Å². The first-order chi connectivity index (χ1) is 12.6. The zero-order valence-electron chi connectivity index (χ0n) is 14.8. The van der Waals surface area contributed by atoms with Crippen molar-refractivity contribution in [2.24, 2.45) is 0 Å². The van der Waals surface area contributed by atoms with Crippen LogP contribution in [-0.2, 0) is 17.7 Å². The summed E-state index contributed by atoms with van der Waals surface area (Å²) in [6, 6.07) is 8.12. The van der Waals surface area contributed by atoms with Gasteiger partial charge in [0.15, 0.2) is 0 Å². The second-order valence-corrected chi connectivity index (χ2v) is 7.65. The van der Waals surface area contributed by atoms with Crippen molar-refractivity contribution in [3.8, 4) is 0 Å². The summed E-state index contributed by atoms with van der Waals surface area (Å²) in [5, 5.41) is 7.38. The van der Waals surface area contributed by atoms with E-state index in [2.05, 4.69) is 10.6 Å². The summed E-state index contributed by atoms with van der Waals surface area (Å²) < 4.78 is 5.10. The van der Waals surface area contributed by atoms with Gasteiger partial charge in [0.2, 0.25) is 0 Å². The van der Waals surface area contributed by atoms with Crippen LogP contribution in [0.5, 0.6) is 0 Å². The number of rotatable bonds is 2. The minimum absolute atomic E-state index is 0.0496. The largest absolute Gasteiger partial charge is 0.450 e. The van der Waals surface area contributed by atoms with Gasteiger partial charge in [-0.2, -0.15) is 0 Å². The Hall–Kier alpha value is -2.54. The van der Waals surface area contributed by atoms with E-state index in [0.717, 1.165) is 26.6 Å². The van der Waals surface area contributed by atoms with E-state index in [9.17, 15) is 9.59 Å². The maximum atomic E-state index is 12.7. The predicted molar refractivity (Wildman–Crippen MR) is 100 cm³/mol. The van der Waals surface area contributed by atoms with E-state index in [4.69, 9.17) is 4.74 Å². The number of hydrogen-bond donors (Lipinski definition) is 2. The molecule has 1 unspecified atom stereocenters. The van der Waals surface area contributed by atoms with Crippen LogP contribution in [0.25, 0.3) is 0 Å². The van der Waals surface area contributed by atoms with Crippen molar-refractivity contribution in [1.82, 2.24) is 10.2 Å². The van der Waals surface area contributed by atoms with Gasteiger partial charge in [-0.3, -0.25) is 4.79 Å². The molecule has 0 aliphatic carbocycles. The average molecular weight is 371 g/mol. The minimum atomic E-state index is -0.292. The number of benzene rings is 1. The smallest absolute Gasteiger partial charge is 0.410 e. The van der Waals surface area contributed by atoms with Crippen LogP contribution < -0.4 is 10.6 Å². The lowest BCUT2D eigenvalue weighted by Crippen LogP contribution is -2.39. The van der Waals surface area contributed by atoms with Gasteiger partial charge in [-0.25, -0.2) is 4.79 Å². The second-order valence-electron chi connectivity index (χ2n) is 6.54. The van der Waals surface area contributed by atoms with E-state index < -0.39 is 0 Å². The van der Waals surface area contributed by atoms with Crippen molar-refractivity contribution in [3.63, 3.8) is 0 Å². The summed E-state index contributed by atoms with van der Waals surface area (Å²) in [6.07, 6.45) is 0.140. The lowest BCUT2D eigenvalue weighted by atomic mass is 10.0. The fourth-order valence-electron chi connectivity index (χ4n) is 3.41. The highest BCUT2D eigenvalue weighted by Crippen LogP contribution is 2.40. The number of nitrogens with zero attached hydrogens (tertiary/aromatic N) is 1. The Morgan fingerprint density at radius 1 is 1.31 bits per heavy atom. The molecule has 2 aromatic rings. The van der Waals surface area contributed by atoms with Gasteiger partial charge in [0.05, 0.1) is 18.7 Å². The third kappa shape index (κ3) is 2.92. The Balaban J connectivity index is 1.59. The third-order valence-corrected chi connectivity index (χ3v) is 5.92. The summed E-state index contributed by atoms with van der Waals surface area (Å²) in [4.78, 5) is 27.5. The Morgan fingerprint density at radius 3 is 2.81 bits per heavy atom. The monoisotopic (exact) mass is 371 g/mol. The van der Waals surface area contributed by atoms with E-state index >= 15 is 0 Å². The van der Waals surface area contributed by atoms with Gasteiger partial charge in [0.1, 0.15) is 11.2 Å². The highest BCUT2D eigenvalue weighted by Gasteiger charge is 2.34. The summed E-state index contributed by atoms with van der Waals surface area (Å²) in [7, 11) is 0. The molecule has 0 spiro atoms. The van der Waals surface area contributed by atoms with Crippen LogP contribution in [0.15, 0.2) is 24.3 Å². The molecule has 26 heavy (non-hydrogen) atoms. The number of hydrogen-bond acceptors (Lipinski definition) is 5. The standard InChI is InChI=1S/C19H21N3O3S/c1-3-25-19(24)22-9-8-13-14(10-22)26-18-15(13)17(23)20-16(21-18)12-6-4-11(2)5-7-12/h4-7,16,21H,3,8-10H2,1-2H3,(H,20,23). The lowest BCUT2D eigenvalue weighted by molar-refractivity contribution is 0.0934. The van der Waals surface area contributed by atoms with E-state index in [1.165, 1.54) is 5.56 Å². The quantitative estimate of drug-likeness (QED) is 0.849. The molecule has 4 rings (SSSR count). The molecule has 2 amide bonds. The zero-order valence-corrected chi connectivity index (χ0v) is 15.6. The molecule has 0 radical (unpaired) electrons. The molecule has 1 aromatic carbocycles. The van der Waals surface area contributed by atoms with Crippen molar-refractivity contribution in [2.75, 3.05) is 18.5 Å². The average Bonchev–Trinajstić information content (AvgIpc) is 3.00. The molecule has 1 aromatic heterocycles. The highest BCUT2D eigenvalue weighted by atomic mass is 32.1. The van der Waals surface area contributed by atoms with Crippen LogP contribution in [0, 0.1) is 6.92 Å². The second kappa shape index (κ2) is 6.64. The van der Waals surface area contributed by atoms with Crippen LogP contribution in [0.1, 0.15) is 45.0 Å². The Morgan fingerprint density at radius 2 is 2.08 bits per heavy atom. The Kier molecular flexibility index (Phi) is 4.32. The van der Waals surface area contributed by atoms with Gasteiger partial charge in [0.25, 0.3) is 5.91 Å². The number of thiophene rings is 1. The maximum Gasteiger partial charge on any atom is 0.410 e. The van der Waals surface area contributed by atoms with Gasteiger partial charge < -0.3 is 20.3 Å². The topological polar surface area (TPSA) is 70.7 Å². The molecule has 6 nitrogen and oxygen atoms in total. The zero-order chi connectivity index (χ0) is 18.3. The Labute approximate surface area is 156 Å². The molecule has 0 fully saturated rings. The van der Waals surface area contributed by atoms with Crippen molar-refractivity contribution in [3.05, 3.63) is 51.4 Å². The minimum Gasteiger partial charge on any atom is -0.450 e. The number of fused-ring (bicyclic) bond motifs is 3. The van der Waals surface area contributed by atoms with Crippen LogP contribution in [0.2, 0.25) is 0 Å². The van der Waals surface area contributed by atoms with Crippen molar-refractivity contribution < 1.29 is 14.3 Å². The van der Waals surface area contributed by atoms with E-state index in [1.807, 2.05) is 31.2 Å². The van der Waals surface area contributed by atoms with E-state index in [1.54, 1.807) is 23.2 Å². The fourth-order valence-corrected chi connectivity index (χ4v) is 4.70. The van der Waals surface area contributed by atoms with E-state index in [0.29, 0.717) is 26.1 Å². The third-order valence-electron chi connectivity index (χ3n) is 4.77. The van der Waals surface area contributed by atoms with E-state index in [-0.39, 0.29) is 18.2 Å². The molecule has 7 heteroatoms. The Bertz CT molecular complexity index is 860. The number of aryl methyl sites for hydroxylation is 1. The molecule has 1 atom stereocenters. The summed E-state index contributed by atoms with van der Waals surface area (Å²) >= 11 is 1.56. The maximum absolute atomic E-state index is 12.7. The van der Waals surface area contributed by atoms with Gasteiger partial charge in [-0.15, -0.1) is 11.3 Å². The number of ether oxygens (including phenoxy) is 1. The van der Waals surface area contributed by atoms with Crippen molar-refractivity contribution in [2.45, 2.75) is 33.0 Å². The molecule has 0 saturated carbocycles. The number of anilines is 1. The summed E-state index contributed by atoms with van der Waals surface area (Å²) in [6.45, 7) is 5.28. The molecule has 0 saturated heterocycles. The summed E-state index contributed by atoms with van der Waals surface area (Å²) in [5.41, 5.74) is 3.99. The first-order valence-corrected chi connectivity index (χ1v) is 9.58. The predicted octanol–water partition coefficient (Wildman–Crippen LogP) is 3.43. The molecule has 3 heterocycles. The van der Waals surface area contributed by atoms with Crippen LogP contribution in [0.3, 0.4) is 0 Å². The first-order valence-electron chi connectivity index (χ1n) is 8.77. The van der Waals surface area contributed by atoms with Crippen molar-refractivity contribution >= 4 is 28.3 Å². The molecular weight excluding hydrogens is 350 g/mol. The van der Waals surface area contributed by atoms with Crippen LogP contribution in [-0.4, -0.2) is 30.1 Å². The number of carbonyl (C=O) groups excluding carboxylic acids is 2.